The smallest absolute Gasteiger partial charge is 0.407 e. The summed E-state index contributed by atoms with van der Waals surface area (Å²) in [6.07, 6.45) is 6.27. The third-order valence-electron chi connectivity index (χ3n) is 11.7. The van der Waals surface area contributed by atoms with Crippen molar-refractivity contribution in [3.8, 4) is 5.75 Å². The molecular formula is C43H63N7O9. The van der Waals surface area contributed by atoms with Crippen molar-refractivity contribution in [1.29, 1.82) is 0 Å². The van der Waals surface area contributed by atoms with Gasteiger partial charge in [0.05, 0.1) is 18.7 Å². The number of hydrogen-bond acceptors (Lipinski definition) is 10. The first-order chi connectivity index (χ1) is 28.1. The Bertz CT molecular complexity index is 1770. The van der Waals surface area contributed by atoms with Crippen molar-refractivity contribution < 1.29 is 43.3 Å². The lowest BCUT2D eigenvalue weighted by atomic mass is 9.53. The van der Waals surface area contributed by atoms with Crippen molar-refractivity contribution in [2.45, 2.75) is 121 Å². The number of aliphatic hydroxyl groups excluding tert-OH is 1. The molecule has 6 amide bonds. The largest absolute Gasteiger partial charge is 0.484 e. The number of carbonyl (C=O) groups is 6. The molecule has 9 N–H and O–H groups in total. The van der Waals surface area contributed by atoms with Crippen LogP contribution in [0.15, 0.2) is 42.5 Å². The van der Waals surface area contributed by atoms with E-state index in [2.05, 4.69) is 31.9 Å². The summed E-state index contributed by atoms with van der Waals surface area (Å²) >= 11 is 0. The molecule has 4 fully saturated rings. The van der Waals surface area contributed by atoms with Gasteiger partial charge in [0.2, 0.25) is 23.6 Å². The molecule has 4 aliphatic rings. The number of nitrogens with two attached hydrogens (primary N) is 1. The topological polar surface area (TPSA) is 239 Å². The quantitative estimate of drug-likeness (QED) is 0.0854. The molecular weight excluding hydrogens is 759 g/mol. The fourth-order valence-corrected chi connectivity index (χ4v) is 9.19. The summed E-state index contributed by atoms with van der Waals surface area (Å²) < 4.78 is 11.2. The van der Waals surface area contributed by atoms with Gasteiger partial charge < -0.3 is 52.2 Å². The number of alkyl carbamates (subject to hydrolysis) is 1. The summed E-state index contributed by atoms with van der Waals surface area (Å²) in [5, 5.41) is 28.5. The van der Waals surface area contributed by atoms with Crippen molar-refractivity contribution in [2.24, 2.45) is 29.4 Å². The zero-order valence-corrected chi connectivity index (χ0v) is 34.7. The van der Waals surface area contributed by atoms with Gasteiger partial charge in [-0.2, -0.15) is 0 Å². The maximum absolute atomic E-state index is 13.5. The number of ether oxygens (including phenoxy) is 2. The third kappa shape index (κ3) is 13.0. The molecule has 59 heavy (non-hydrogen) atoms. The molecule has 0 saturated heterocycles. The van der Waals surface area contributed by atoms with E-state index >= 15 is 0 Å². The van der Waals surface area contributed by atoms with Crippen molar-refractivity contribution in [2.75, 3.05) is 26.3 Å². The Hall–Kier alpha value is -4.96. The molecule has 16 heteroatoms. The number of fused-ring (bicyclic) bond motifs is 1. The van der Waals surface area contributed by atoms with Crippen molar-refractivity contribution in [1.82, 2.24) is 31.9 Å². The number of benzene rings is 2. The summed E-state index contributed by atoms with van der Waals surface area (Å²) in [5.41, 5.74) is 5.45. The molecule has 0 radical (unpaired) electrons. The first-order valence-electron chi connectivity index (χ1n) is 21.1. The van der Waals surface area contributed by atoms with E-state index in [0.29, 0.717) is 42.9 Å². The highest BCUT2D eigenvalue weighted by Crippen LogP contribution is 2.55. The highest BCUT2D eigenvalue weighted by molar-refractivity contribution is 5.94. The van der Waals surface area contributed by atoms with E-state index in [4.69, 9.17) is 15.2 Å². The van der Waals surface area contributed by atoms with Gasteiger partial charge in [0, 0.05) is 5.54 Å². The second-order valence-electron chi connectivity index (χ2n) is 17.3. The van der Waals surface area contributed by atoms with E-state index in [1.54, 1.807) is 26.8 Å². The number of hydrogen-bond donors (Lipinski definition) is 8. The summed E-state index contributed by atoms with van der Waals surface area (Å²) in [7, 11) is 0. The lowest BCUT2D eigenvalue weighted by molar-refractivity contribution is -0.134. The van der Waals surface area contributed by atoms with Crippen LogP contribution >= 0.6 is 0 Å². The Morgan fingerprint density at radius 3 is 2.07 bits per heavy atom. The van der Waals surface area contributed by atoms with Gasteiger partial charge in [0.15, 0.2) is 6.61 Å². The second-order valence-corrected chi connectivity index (χ2v) is 17.3. The molecule has 0 spiro atoms. The van der Waals surface area contributed by atoms with Crippen LogP contribution in [0.5, 0.6) is 5.75 Å². The molecule has 4 bridgehead atoms. The molecule has 324 valence electrons. The van der Waals surface area contributed by atoms with E-state index in [9.17, 15) is 33.9 Å². The molecule has 2 aromatic rings. The molecule has 4 saturated carbocycles. The van der Waals surface area contributed by atoms with E-state index in [1.807, 2.05) is 36.4 Å². The molecule has 16 nitrogen and oxygen atoms in total. The Morgan fingerprint density at radius 1 is 0.780 bits per heavy atom. The minimum atomic E-state index is -1.37. The number of rotatable bonds is 21. The molecule has 0 heterocycles. The van der Waals surface area contributed by atoms with Crippen LogP contribution in [0, 0.1) is 23.7 Å². The van der Waals surface area contributed by atoms with E-state index in [0.717, 1.165) is 30.0 Å². The fourth-order valence-electron chi connectivity index (χ4n) is 9.19. The van der Waals surface area contributed by atoms with Gasteiger partial charge in [-0.1, -0.05) is 44.2 Å². The van der Waals surface area contributed by atoms with Crippen LogP contribution in [-0.4, -0.2) is 103 Å². The van der Waals surface area contributed by atoms with Crippen molar-refractivity contribution in [3.05, 3.63) is 42.5 Å². The van der Waals surface area contributed by atoms with Crippen LogP contribution < -0.4 is 42.4 Å². The maximum atomic E-state index is 13.5. The average molecular weight is 822 g/mol. The SMILES string of the molecule is CC(C)[C@H](NC(=O)[C@H](CCCCN)NC(=O)COc1ccc2ccccc2c1)C(=O)NCC(=O)N[C@H](C(=O)N[C@@H](C)COC(=O)NC12CC3CC(CC(C3)C1)C2)[C@@H](C)O. The van der Waals surface area contributed by atoms with E-state index < -0.39 is 78.4 Å². The summed E-state index contributed by atoms with van der Waals surface area (Å²) in [4.78, 5) is 78.6. The first kappa shape index (κ1) is 45.1. The number of aliphatic hydroxyl groups is 1. The van der Waals surface area contributed by atoms with Gasteiger partial charge in [-0.25, -0.2) is 4.79 Å². The number of nitrogens with one attached hydrogen (secondary N) is 6. The van der Waals surface area contributed by atoms with Gasteiger partial charge >= 0.3 is 6.09 Å². The van der Waals surface area contributed by atoms with E-state index in [1.165, 1.54) is 26.2 Å². The van der Waals surface area contributed by atoms with Crippen LogP contribution in [0.25, 0.3) is 10.8 Å². The lowest BCUT2D eigenvalue weighted by Gasteiger charge is -2.56. The van der Waals surface area contributed by atoms with Gasteiger partial charge in [-0.05, 0) is 125 Å². The Morgan fingerprint density at radius 2 is 1.44 bits per heavy atom. The molecule has 0 aromatic heterocycles. The van der Waals surface area contributed by atoms with Gasteiger partial charge in [0.1, 0.15) is 30.5 Å². The Labute approximate surface area is 346 Å². The molecule has 0 aliphatic heterocycles. The third-order valence-corrected chi connectivity index (χ3v) is 11.7. The lowest BCUT2D eigenvalue weighted by Crippen LogP contribution is -2.60. The predicted octanol–water partition coefficient (Wildman–Crippen LogP) is 2.15. The normalized spacial score (nSPS) is 22.9. The predicted molar refractivity (Wildman–Crippen MR) is 221 cm³/mol. The molecule has 4 aliphatic carbocycles. The Kier molecular flexibility index (Phi) is 15.9. The zero-order chi connectivity index (χ0) is 42.7. The van der Waals surface area contributed by atoms with Crippen LogP contribution in [0.4, 0.5) is 4.79 Å². The van der Waals surface area contributed by atoms with Crippen LogP contribution in [0.1, 0.15) is 85.5 Å². The molecule has 0 unspecified atom stereocenters. The van der Waals surface area contributed by atoms with Crippen molar-refractivity contribution in [3.63, 3.8) is 0 Å². The molecule has 5 atom stereocenters. The number of amides is 6. The zero-order valence-electron chi connectivity index (χ0n) is 34.7. The van der Waals surface area contributed by atoms with Crippen molar-refractivity contribution >= 4 is 46.4 Å². The maximum Gasteiger partial charge on any atom is 0.407 e. The van der Waals surface area contributed by atoms with Gasteiger partial charge in [-0.3, -0.25) is 24.0 Å². The monoisotopic (exact) mass is 821 g/mol. The highest BCUT2D eigenvalue weighted by atomic mass is 16.5. The van der Waals surface area contributed by atoms with Gasteiger partial charge in [-0.15, -0.1) is 0 Å². The molecule has 2 aromatic carbocycles. The summed E-state index contributed by atoms with van der Waals surface area (Å²) in [6, 6.07) is 9.15. The van der Waals surface area contributed by atoms with Crippen LogP contribution in [0.2, 0.25) is 0 Å². The Balaban J connectivity index is 1.06. The minimum absolute atomic E-state index is 0.112. The van der Waals surface area contributed by atoms with Crippen LogP contribution in [-0.2, 0) is 28.7 Å². The van der Waals surface area contributed by atoms with Gasteiger partial charge in [0.25, 0.3) is 5.91 Å². The summed E-state index contributed by atoms with van der Waals surface area (Å²) in [6.45, 7) is 5.82. The number of unbranched alkanes of at least 4 members (excludes halogenated alkanes) is 1. The first-order valence-corrected chi connectivity index (χ1v) is 21.1. The van der Waals surface area contributed by atoms with E-state index in [-0.39, 0.29) is 25.2 Å². The second kappa shape index (κ2) is 20.8. The highest BCUT2D eigenvalue weighted by Gasteiger charge is 2.51. The average Bonchev–Trinajstić information content (AvgIpc) is 3.18. The number of carbonyl (C=O) groups excluding carboxylic acids is 6. The standard InChI is InChI=1S/C43H63N7O9/c1-25(2)37(49-39(54)34(11-7-8-14-44)47-36(53)24-58-33-13-12-31-9-5-6-10-32(31)18-33)40(55)45-22-35(52)48-38(27(4)51)41(56)46-26(3)23-59-42(57)50-43-19-28-15-29(20-43)17-30(16-28)21-43/h5-6,9-10,12-13,18,25-30,34,37-38,51H,7-8,11,14-17,19-24,44H2,1-4H3,(H,45,55)(H,46,56)(H,47,53)(H,48,52)(H,49,54)(H,50,57)/t26-,27+,28?,29?,30?,34-,37-,38-,43?/m0/s1. The van der Waals surface area contributed by atoms with Crippen LogP contribution in [0.3, 0.4) is 0 Å². The molecule has 6 rings (SSSR count). The fraction of sp³-hybridized carbons (Fsp3) is 0.628. The minimum Gasteiger partial charge on any atom is -0.484 e. The summed E-state index contributed by atoms with van der Waals surface area (Å²) in [5.74, 6) is -1.18.